The summed E-state index contributed by atoms with van der Waals surface area (Å²) in [4.78, 5) is 4.75. The molecule has 0 fully saturated rings. The minimum absolute atomic E-state index is 1.10. The summed E-state index contributed by atoms with van der Waals surface area (Å²) < 4.78 is 0. The zero-order chi connectivity index (χ0) is 24.0. The molecule has 0 spiro atoms. The Balaban J connectivity index is 1.55. The van der Waals surface area contributed by atoms with Gasteiger partial charge >= 0.3 is 0 Å². The van der Waals surface area contributed by atoms with Gasteiger partial charge in [-0.25, -0.2) is 0 Å². The molecule has 0 aromatic heterocycles. The average Bonchev–Trinajstić information content (AvgIpc) is 2.90. The summed E-state index contributed by atoms with van der Waals surface area (Å²) >= 11 is 3.58. The van der Waals surface area contributed by atoms with Gasteiger partial charge in [0.1, 0.15) is 0 Å². The van der Waals surface area contributed by atoms with Crippen molar-refractivity contribution >= 4 is 65.7 Å². The smallest absolute Gasteiger partial charge is 0.0207 e. The molecule has 0 bridgehead atoms. The Bertz CT molecular complexity index is 1830. The van der Waals surface area contributed by atoms with Crippen LogP contribution in [0.2, 0.25) is 0 Å². The lowest BCUT2D eigenvalue weighted by molar-refractivity contribution is 1.44. The number of thioether (sulfide) groups is 2. The fourth-order valence-electron chi connectivity index (χ4n) is 5.92. The lowest BCUT2D eigenvalue weighted by Gasteiger charge is -2.32. The molecule has 6 aromatic rings. The van der Waals surface area contributed by atoms with Crippen molar-refractivity contribution in [3.63, 3.8) is 0 Å². The van der Waals surface area contributed by atoms with E-state index in [4.69, 9.17) is 0 Å². The van der Waals surface area contributed by atoms with Crippen LogP contribution < -0.4 is 0 Å². The second-order valence-corrected chi connectivity index (χ2v) is 11.8. The molecule has 0 radical (unpaired) electrons. The Labute approximate surface area is 218 Å². The minimum Gasteiger partial charge on any atom is -0.0894 e. The summed E-state index contributed by atoms with van der Waals surface area (Å²) in [5.74, 6) is 0. The van der Waals surface area contributed by atoms with Crippen molar-refractivity contribution in [3.05, 3.63) is 121 Å². The molecular weight excluding hydrogens is 473 g/mol. The number of hydrogen-bond acceptors (Lipinski definition) is 2. The lowest BCUT2D eigenvalue weighted by Crippen LogP contribution is -2.06. The van der Waals surface area contributed by atoms with Crippen LogP contribution in [0.15, 0.2) is 120 Å². The molecule has 0 nitrogen and oxygen atoms in total. The van der Waals surface area contributed by atoms with E-state index in [9.17, 15) is 0 Å². The maximum Gasteiger partial charge on any atom is 0.0207 e. The highest BCUT2D eigenvalue weighted by molar-refractivity contribution is 8.09. The van der Waals surface area contributed by atoms with Crippen LogP contribution in [0.3, 0.4) is 0 Å². The molecular formula is C34H20S2. The van der Waals surface area contributed by atoms with Gasteiger partial charge in [-0.15, -0.1) is 0 Å². The maximum atomic E-state index is 4.60. The molecule has 2 heterocycles. The Morgan fingerprint density at radius 3 is 1.19 bits per heavy atom. The number of rotatable bonds is 0. The molecule has 0 saturated heterocycles. The first kappa shape index (κ1) is 20.5. The van der Waals surface area contributed by atoms with E-state index in [-0.39, 0.29) is 0 Å². The van der Waals surface area contributed by atoms with E-state index < -0.39 is 0 Å². The quantitative estimate of drug-likeness (QED) is 0.207. The molecule has 2 aliphatic rings. The summed E-state index contributed by atoms with van der Waals surface area (Å²) in [5.41, 5.74) is 7.66. The van der Waals surface area contributed by atoms with Crippen molar-refractivity contribution in [2.75, 3.05) is 0 Å². The first-order valence-corrected chi connectivity index (χ1v) is 13.7. The predicted molar refractivity (Wildman–Crippen MR) is 160 cm³/mol. The second-order valence-electron chi connectivity index (χ2n) is 9.49. The zero-order valence-electron chi connectivity index (χ0n) is 19.5. The summed E-state index contributed by atoms with van der Waals surface area (Å²) in [6.07, 6.45) is 0. The van der Waals surface area contributed by atoms with Gasteiger partial charge in [-0.1, -0.05) is 109 Å². The van der Waals surface area contributed by atoms with Crippen molar-refractivity contribution in [2.45, 2.75) is 9.79 Å². The van der Waals surface area contributed by atoms with Gasteiger partial charge in [0.2, 0.25) is 0 Å². The van der Waals surface area contributed by atoms with Crippen LogP contribution in [0.5, 0.6) is 0 Å². The molecule has 8 rings (SSSR count). The molecule has 2 heteroatoms. The van der Waals surface area contributed by atoms with Crippen LogP contribution in [0.25, 0.3) is 64.4 Å². The normalized spacial score (nSPS) is 14.0. The molecule has 0 aliphatic carbocycles. The molecule has 0 saturated carbocycles. The van der Waals surface area contributed by atoms with E-state index in [0.717, 1.165) is 9.81 Å². The molecule has 0 N–H and O–H groups in total. The van der Waals surface area contributed by atoms with E-state index in [0.29, 0.717) is 0 Å². The van der Waals surface area contributed by atoms with Crippen molar-refractivity contribution in [2.24, 2.45) is 0 Å². The molecule has 2 aliphatic heterocycles. The van der Waals surface area contributed by atoms with E-state index in [1.165, 1.54) is 75.5 Å². The standard InChI is InChI=1S/C34H20S2/c1-19-31-32-20(2)36-30-18-24-12-6-4-10-22(24)16-28(30)34(32)26-14-8-7-13-25(26)33(31)27-15-21-9-3-5-11-23(21)17-29(27)35-19/h3-18H,1-2H2. The van der Waals surface area contributed by atoms with Gasteiger partial charge in [0.05, 0.1) is 0 Å². The van der Waals surface area contributed by atoms with Crippen LogP contribution in [0.1, 0.15) is 11.1 Å². The minimum atomic E-state index is 1.10. The lowest BCUT2D eigenvalue weighted by atomic mass is 9.82. The fourth-order valence-corrected chi connectivity index (χ4v) is 7.98. The van der Waals surface area contributed by atoms with Crippen molar-refractivity contribution < 1.29 is 0 Å². The fraction of sp³-hybridized carbons (Fsp3) is 0. The van der Waals surface area contributed by atoms with Crippen LogP contribution in [0.4, 0.5) is 0 Å². The monoisotopic (exact) mass is 492 g/mol. The van der Waals surface area contributed by atoms with Crippen LogP contribution in [-0.4, -0.2) is 0 Å². The van der Waals surface area contributed by atoms with Gasteiger partial charge in [0.25, 0.3) is 0 Å². The van der Waals surface area contributed by atoms with Gasteiger partial charge in [0, 0.05) is 30.7 Å². The maximum absolute atomic E-state index is 4.60. The highest BCUT2D eigenvalue weighted by atomic mass is 32.2. The molecule has 0 amide bonds. The summed E-state index contributed by atoms with van der Waals surface area (Å²) in [6, 6.07) is 35.5. The molecule has 0 unspecified atom stereocenters. The van der Waals surface area contributed by atoms with Gasteiger partial charge in [-0.3, -0.25) is 0 Å². The molecule has 0 atom stereocenters. The topological polar surface area (TPSA) is 0 Å². The van der Waals surface area contributed by atoms with Crippen LogP contribution in [0, 0.1) is 0 Å². The average molecular weight is 493 g/mol. The van der Waals surface area contributed by atoms with Crippen molar-refractivity contribution in [3.8, 4) is 22.3 Å². The Hall–Kier alpha value is -3.72. The van der Waals surface area contributed by atoms with Gasteiger partial charge in [0.15, 0.2) is 0 Å². The van der Waals surface area contributed by atoms with Gasteiger partial charge < -0.3 is 0 Å². The Morgan fingerprint density at radius 2 is 0.778 bits per heavy atom. The highest BCUT2D eigenvalue weighted by Gasteiger charge is 2.32. The first-order chi connectivity index (χ1) is 17.7. The second kappa shape index (κ2) is 7.39. The van der Waals surface area contributed by atoms with E-state index >= 15 is 0 Å². The zero-order valence-corrected chi connectivity index (χ0v) is 21.1. The number of fused-ring (bicyclic) bond motifs is 12. The highest BCUT2D eigenvalue weighted by Crippen LogP contribution is 2.60. The molecule has 168 valence electrons. The first-order valence-electron chi connectivity index (χ1n) is 12.1. The Kier molecular flexibility index (Phi) is 4.20. The van der Waals surface area contributed by atoms with E-state index in [2.05, 4.69) is 110 Å². The van der Waals surface area contributed by atoms with Gasteiger partial charge in [-0.2, -0.15) is 0 Å². The van der Waals surface area contributed by atoms with Gasteiger partial charge in [-0.05, 0) is 78.8 Å². The van der Waals surface area contributed by atoms with Crippen molar-refractivity contribution in [1.29, 1.82) is 0 Å². The third kappa shape index (κ3) is 2.74. The Morgan fingerprint density at radius 1 is 0.417 bits per heavy atom. The molecule has 6 aromatic carbocycles. The van der Waals surface area contributed by atoms with Crippen molar-refractivity contribution in [1.82, 2.24) is 0 Å². The van der Waals surface area contributed by atoms with Crippen LogP contribution in [-0.2, 0) is 0 Å². The summed E-state index contributed by atoms with van der Waals surface area (Å²) in [7, 11) is 0. The predicted octanol–water partition coefficient (Wildman–Crippen LogP) is 10.6. The summed E-state index contributed by atoms with van der Waals surface area (Å²) in [5, 5.41) is 7.63. The largest absolute Gasteiger partial charge is 0.0894 e. The number of hydrogen-bond donors (Lipinski definition) is 0. The SMILES string of the molecule is C=C1Sc2cc3ccccc3cc2-c2c1c1c(c3ccccc23)-c2cc3ccccc3cc2SC1=C. The van der Waals surface area contributed by atoms with Crippen LogP contribution >= 0.6 is 23.5 Å². The third-order valence-corrected chi connectivity index (χ3v) is 9.49. The summed E-state index contributed by atoms with van der Waals surface area (Å²) in [6.45, 7) is 9.20. The third-order valence-electron chi connectivity index (χ3n) is 7.47. The molecule has 36 heavy (non-hydrogen) atoms. The number of benzene rings is 6. The van der Waals surface area contributed by atoms with E-state index in [1.807, 2.05) is 0 Å². The van der Waals surface area contributed by atoms with E-state index in [1.54, 1.807) is 23.5 Å².